The van der Waals surface area contributed by atoms with E-state index in [-0.39, 0.29) is 0 Å². The lowest BCUT2D eigenvalue weighted by molar-refractivity contribution is 0.509. The normalized spacial score (nSPS) is 10.2. The van der Waals surface area contributed by atoms with Crippen LogP contribution in [0.25, 0.3) is 0 Å². The minimum absolute atomic E-state index is 0.630. The van der Waals surface area contributed by atoms with Gasteiger partial charge >= 0.3 is 0 Å². The zero-order chi connectivity index (χ0) is 10.4. The second-order valence-electron chi connectivity index (χ2n) is 2.90. The maximum atomic E-state index is 12.7. The van der Waals surface area contributed by atoms with E-state index in [0.717, 1.165) is 24.8 Å². The van der Waals surface area contributed by atoms with Gasteiger partial charge in [-0.3, -0.25) is 0 Å². The van der Waals surface area contributed by atoms with Gasteiger partial charge in [-0.15, -0.1) is 0 Å². The average Bonchev–Trinajstić information content (AvgIpc) is 2.18. The third kappa shape index (κ3) is 3.54. The van der Waals surface area contributed by atoms with Crippen molar-refractivity contribution in [3.63, 3.8) is 0 Å². The van der Waals surface area contributed by atoms with E-state index < -0.39 is 11.6 Å². The molecule has 0 unspecified atom stereocenters. The lowest BCUT2D eigenvalue weighted by Crippen LogP contribution is -2.03. The molecule has 0 saturated carbocycles. The van der Waals surface area contributed by atoms with Crippen LogP contribution in [0.2, 0.25) is 0 Å². The summed E-state index contributed by atoms with van der Waals surface area (Å²) < 4.78 is 25.3. The van der Waals surface area contributed by atoms with Gasteiger partial charge in [0, 0.05) is 12.2 Å². The lowest BCUT2D eigenvalue weighted by atomic mass is 10.3. The molecular weight excluding hydrogens is 204 g/mol. The van der Waals surface area contributed by atoms with Gasteiger partial charge in [0.05, 0.1) is 0 Å². The van der Waals surface area contributed by atoms with Gasteiger partial charge in [0.1, 0.15) is 0 Å². The second kappa shape index (κ2) is 5.86. The van der Waals surface area contributed by atoms with Gasteiger partial charge in [0.15, 0.2) is 11.6 Å². The third-order valence-corrected chi connectivity index (χ3v) is 2.47. The van der Waals surface area contributed by atoms with Crippen LogP contribution in [0, 0.1) is 11.6 Å². The van der Waals surface area contributed by atoms with Crippen LogP contribution in [0.1, 0.15) is 6.42 Å². The lowest BCUT2D eigenvalue weighted by Gasteiger charge is -2.05. The summed E-state index contributed by atoms with van der Waals surface area (Å²) in [5.41, 5.74) is 0.630. The highest BCUT2D eigenvalue weighted by Gasteiger charge is 2.01. The number of hydrogen-bond acceptors (Lipinski definition) is 2. The quantitative estimate of drug-likeness (QED) is 0.760. The Hall–Kier alpha value is -0.770. The predicted octanol–water partition coefficient (Wildman–Crippen LogP) is 3.13. The van der Waals surface area contributed by atoms with Gasteiger partial charge in [-0.1, -0.05) is 0 Å². The van der Waals surface area contributed by atoms with Crippen LogP contribution in [-0.2, 0) is 0 Å². The molecule has 0 heterocycles. The van der Waals surface area contributed by atoms with Crippen LogP contribution in [0.3, 0.4) is 0 Å². The Labute approximate surface area is 86.9 Å². The minimum Gasteiger partial charge on any atom is -0.385 e. The van der Waals surface area contributed by atoms with Crippen molar-refractivity contribution < 1.29 is 8.78 Å². The van der Waals surface area contributed by atoms with Crippen molar-refractivity contribution in [2.45, 2.75) is 6.42 Å². The van der Waals surface area contributed by atoms with Crippen molar-refractivity contribution in [2.24, 2.45) is 0 Å². The minimum atomic E-state index is -0.806. The molecule has 4 heteroatoms. The molecule has 1 N–H and O–H groups in total. The van der Waals surface area contributed by atoms with E-state index in [4.69, 9.17) is 0 Å². The molecule has 1 aromatic carbocycles. The number of anilines is 1. The average molecular weight is 217 g/mol. The van der Waals surface area contributed by atoms with Crippen molar-refractivity contribution in [1.82, 2.24) is 0 Å². The Morgan fingerprint density at radius 1 is 1.29 bits per heavy atom. The van der Waals surface area contributed by atoms with Gasteiger partial charge in [-0.25, -0.2) is 8.78 Å². The number of rotatable bonds is 5. The predicted molar refractivity (Wildman–Crippen MR) is 57.8 cm³/mol. The SMILES string of the molecule is CSCCCNc1ccc(F)c(F)c1. The number of benzene rings is 1. The summed E-state index contributed by atoms with van der Waals surface area (Å²) in [7, 11) is 0. The van der Waals surface area contributed by atoms with Gasteiger partial charge in [-0.05, 0) is 36.6 Å². The van der Waals surface area contributed by atoms with E-state index in [2.05, 4.69) is 5.32 Å². The highest BCUT2D eigenvalue weighted by Crippen LogP contribution is 2.12. The highest BCUT2D eigenvalue weighted by atomic mass is 32.2. The largest absolute Gasteiger partial charge is 0.385 e. The molecule has 1 nitrogen and oxygen atoms in total. The zero-order valence-corrected chi connectivity index (χ0v) is 8.83. The van der Waals surface area contributed by atoms with E-state index in [0.29, 0.717) is 5.69 Å². The van der Waals surface area contributed by atoms with Crippen LogP contribution < -0.4 is 5.32 Å². The maximum Gasteiger partial charge on any atom is 0.160 e. The summed E-state index contributed by atoms with van der Waals surface area (Å²) in [5.74, 6) is -0.545. The molecule has 0 aromatic heterocycles. The molecule has 0 amide bonds. The summed E-state index contributed by atoms with van der Waals surface area (Å²) in [6.45, 7) is 0.784. The summed E-state index contributed by atoms with van der Waals surface area (Å²) in [4.78, 5) is 0. The van der Waals surface area contributed by atoms with Crippen LogP contribution in [0.4, 0.5) is 14.5 Å². The molecule has 0 aliphatic carbocycles. The standard InChI is InChI=1S/C10H13F2NS/c1-14-6-2-5-13-8-3-4-9(11)10(12)7-8/h3-4,7,13H,2,5-6H2,1H3. The Kier molecular flexibility index (Phi) is 4.73. The fourth-order valence-electron chi connectivity index (χ4n) is 1.06. The molecule has 0 aliphatic heterocycles. The van der Waals surface area contributed by atoms with Crippen LogP contribution >= 0.6 is 11.8 Å². The monoisotopic (exact) mass is 217 g/mol. The van der Waals surface area contributed by atoms with Gasteiger partial charge in [-0.2, -0.15) is 11.8 Å². The Balaban J connectivity index is 2.39. The van der Waals surface area contributed by atoms with Crippen molar-refractivity contribution >= 4 is 17.4 Å². The highest BCUT2D eigenvalue weighted by molar-refractivity contribution is 7.98. The first-order valence-corrected chi connectivity index (χ1v) is 5.81. The molecule has 0 fully saturated rings. The van der Waals surface area contributed by atoms with Crippen molar-refractivity contribution in [3.05, 3.63) is 29.8 Å². The third-order valence-electron chi connectivity index (χ3n) is 1.77. The number of nitrogens with one attached hydrogen (secondary N) is 1. The molecule has 0 bridgehead atoms. The molecule has 0 aliphatic rings. The zero-order valence-electron chi connectivity index (χ0n) is 8.02. The topological polar surface area (TPSA) is 12.0 Å². The Morgan fingerprint density at radius 3 is 2.71 bits per heavy atom. The molecule has 0 radical (unpaired) electrons. The van der Waals surface area contributed by atoms with Gasteiger partial charge in [0.2, 0.25) is 0 Å². The van der Waals surface area contributed by atoms with Gasteiger partial charge in [0.25, 0.3) is 0 Å². The fraction of sp³-hybridized carbons (Fsp3) is 0.400. The van der Waals surface area contributed by atoms with E-state index in [1.54, 1.807) is 11.8 Å². The van der Waals surface area contributed by atoms with Crippen LogP contribution in [0.5, 0.6) is 0 Å². The summed E-state index contributed by atoms with van der Waals surface area (Å²) >= 11 is 1.77. The molecule has 1 rings (SSSR count). The number of halogens is 2. The van der Waals surface area contributed by atoms with Gasteiger partial charge < -0.3 is 5.32 Å². The van der Waals surface area contributed by atoms with E-state index in [9.17, 15) is 8.78 Å². The summed E-state index contributed by atoms with van der Waals surface area (Å²) in [5, 5.41) is 3.03. The molecule has 78 valence electrons. The van der Waals surface area contributed by atoms with Crippen molar-refractivity contribution in [2.75, 3.05) is 23.9 Å². The molecule has 1 aromatic rings. The number of hydrogen-bond donors (Lipinski definition) is 1. The first-order valence-electron chi connectivity index (χ1n) is 4.42. The molecular formula is C10H13F2NS. The Morgan fingerprint density at radius 2 is 2.07 bits per heavy atom. The molecule has 14 heavy (non-hydrogen) atoms. The molecule has 0 atom stereocenters. The first kappa shape index (κ1) is 11.3. The Bertz CT molecular complexity index is 291. The van der Waals surface area contributed by atoms with E-state index >= 15 is 0 Å². The van der Waals surface area contributed by atoms with Crippen LogP contribution in [-0.4, -0.2) is 18.6 Å². The number of thioether (sulfide) groups is 1. The molecule has 0 spiro atoms. The summed E-state index contributed by atoms with van der Waals surface area (Å²) in [6.07, 6.45) is 3.05. The maximum absolute atomic E-state index is 12.7. The first-order chi connectivity index (χ1) is 6.74. The van der Waals surface area contributed by atoms with Crippen LogP contribution in [0.15, 0.2) is 18.2 Å². The van der Waals surface area contributed by atoms with E-state index in [1.807, 2.05) is 6.26 Å². The van der Waals surface area contributed by atoms with Crippen molar-refractivity contribution in [1.29, 1.82) is 0 Å². The summed E-state index contributed by atoms with van der Waals surface area (Å²) in [6, 6.07) is 3.85. The second-order valence-corrected chi connectivity index (χ2v) is 3.89. The molecule has 0 saturated heterocycles. The van der Waals surface area contributed by atoms with E-state index in [1.165, 1.54) is 12.1 Å². The fourth-order valence-corrected chi connectivity index (χ4v) is 1.49. The smallest absolute Gasteiger partial charge is 0.160 e. The van der Waals surface area contributed by atoms with Crippen molar-refractivity contribution in [3.8, 4) is 0 Å².